The quantitative estimate of drug-likeness (QED) is 0.169. The number of hydrogen-bond donors (Lipinski definition) is 0. The molecule has 4 heteroatoms. The molecule has 0 aliphatic rings. The molecule has 0 atom stereocenters. The van der Waals surface area contributed by atoms with Crippen molar-refractivity contribution >= 4 is 97.1 Å². The molecule has 0 unspecified atom stereocenters. The molecule has 0 radical (unpaired) electrons. The number of rotatable bonds is 5. The largest absolute Gasteiger partial charge is 0.455 e. The average molecular weight is 833 g/mol. The van der Waals surface area contributed by atoms with Gasteiger partial charge in [0.05, 0.1) is 22.1 Å². The van der Waals surface area contributed by atoms with Crippen LogP contribution in [0.3, 0.4) is 0 Å². The Kier molecular flexibility index (Phi) is 7.56. The first kappa shape index (κ1) is 35.4. The van der Waals surface area contributed by atoms with Gasteiger partial charge in [-0.2, -0.15) is 0 Å². The van der Waals surface area contributed by atoms with Crippen LogP contribution in [-0.2, 0) is 0 Å². The van der Waals surface area contributed by atoms with Gasteiger partial charge in [0.25, 0.3) is 0 Å². The molecule has 10 aromatic carbocycles. The third-order valence-corrected chi connectivity index (χ3v) is 14.6. The molecule has 14 aromatic rings. The van der Waals surface area contributed by atoms with E-state index in [2.05, 4.69) is 228 Å². The molecule has 0 amide bonds. The lowest BCUT2D eigenvalue weighted by atomic mass is 10.00. The summed E-state index contributed by atoms with van der Waals surface area (Å²) in [6.45, 7) is 0. The van der Waals surface area contributed by atoms with Crippen molar-refractivity contribution < 1.29 is 4.42 Å². The van der Waals surface area contributed by atoms with Crippen molar-refractivity contribution in [3.8, 4) is 44.8 Å². The number of hydrogen-bond acceptors (Lipinski definition) is 2. The maximum absolute atomic E-state index is 6.88. The van der Waals surface area contributed by atoms with E-state index >= 15 is 0 Å². The van der Waals surface area contributed by atoms with E-state index in [0.717, 1.165) is 44.4 Å². The number of thiophene rings is 1. The van der Waals surface area contributed by atoms with Gasteiger partial charge in [0.2, 0.25) is 0 Å². The topological polar surface area (TPSA) is 23.0 Å². The van der Waals surface area contributed by atoms with E-state index in [1.807, 2.05) is 11.3 Å². The highest BCUT2D eigenvalue weighted by atomic mass is 32.1. The third-order valence-electron chi connectivity index (χ3n) is 13.3. The molecule has 0 fully saturated rings. The third kappa shape index (κ3) is 5.15. The second kappa shape index (κ2) is 13.7. The van der Waals surface area contributed by atoms with Crippen LogP contribution in [0, 0.1) is 0 Å². The zero-order valence-corrected chi connectivity index (χ0v) is 35.3. The predicted octanol–water partition coefficient (Wildman–Crippen LogP) is 17.1. The summed E-state index contributed by atoms with van der Waals surface area (Å²) < 4.78 is 14.4. The molecule has 298 valence electrons. The van der Waals surface area contributed by atoms with Crippen molar-refractivity contribution in [2.45, 2.75) is 0 Å². The number of para-hydroxylation sites is 2. The molecule has 0 bridgehead atoms. The Labute approximate surface area is 371 Å². The first-order chi connectivity index (χ1) is 31.7. The van der Waals surface area contributed by atoms with Crippen LogP contribution in [0.25, 0.3) is 130 Å². The summed E-state index contributed by atoms with van der Waals surface area (Å²) in [6, 6.07) is 79.5. The van der Waals surface area contributed by atoms with E-state index < -0.39 is 0 Å². The summed E-state index contributed by atoms with van der Waals surface area (Å²) in [5, 5.41) is 9.68. The summed E-state index contributed by atoms with van der Waals surface area (Å²) in [4.78, 5) is 0. The Morgan fingerprint density at radius 2 is 0.969 bits per heavy atom. The van der Waals surface area contributed by atoms with Gasteiger partial charge in [-0.25, -0.2) is 0 Å². The SMILES string of the molecule is c1ccc(-c2ccc(-n3c4ccccc4c4c3ccc3c5cc(-c6ccccc6)ccc5n(-c5ccc6oc7c(-c8cccc9c8sc8ccccc89)cccc7c6c5)c34)cc2)cc1. The minimum atomic E-state index is 0.877. The smallest absolute Gasteiger partial charge is 0.143 e. The van der Waals surface area contributed by atoms with E-state index in [1.54, 1.807) is 0 Å². The van der Waals surface area contributed by atoms with E-state index in [-0.39, 0.29) is 0 Å². The highest BCUT2D eigenvalue weighted by molar-refractivity contribution is 7.26. The van der Waals surface area contributed by atoms with Gasteiger partial charge in [-0.1, -0.05) is 158 Å². The lowest BCUT2D eigenvalue weighted by Gasteiger charge is -2.11. The Bertz CT molecular complexity index is 4170. The average Bonchev–Trinajstić information content (AvgIpc) is 4.12. The van der Waals surface area contributed by atoms with Crippen LogP contribution < -0.4 is 0 Å². The molecule has 0 aliphatic heterocycles. The monoisotopic (exact) mass is 832 g/mol. The van der Waals surface area contributed by atoms with Crippen molar-refractivity contribution in [3.05, 3.63) is 218 Å². The maximum Gasteiger partial charge on any atom is 0.143 e. The van der Waals surface area contributed by atoms with Gasteiger partial charge in [0.1, 0.15) is 11.2 Å². The molecule has 0 saturated heterocycles. The van der Waals surface area contributed by atoms with E-state index in [4.69, 9.17) is 4.42 Å². The molecule has 0 spiro atoms. The second-order valence-corrected chi connectivity index (χ2v) is 17.9. The minimum Gasteiger partial charge on any atom is -0.455 e. The van der Waals surface area contributed by atoms with E-state index in [1.165, 1.54) is 86.1 Å². The number of benzene rings is 10. The van der Waals surface area contributed by atoms with Crippen molar-refractivity contribution in [2.24, 2.45) is 0 Å². The molecule has 3 nitrogen and oxygen atoms in total. The van der Waals surface area contributed by atoms with Gasteiger partial charge in [0, 0.05) is 75.0 Å². The highest BCUT2D eigenvalue weighted by Crippen LogP contribution is 2.46. The normalized spacial score (nSPS) is 12.1. The first-order valence-corrected chi connectivity index (χ1v) is 22.6. The lowest BCUT2D eigenvalue weighted by Crippen LogP contribution is -1.95. The molecule has 4 aromatic heterocycles. The van der Waals surface area contributed by atoms with Crippen molar-refractivity contribution in [3.63, 3.8) is 0 Å². The Balaban J connectivity index is 1.03. The number of nitrogens with zero attached hydrogens (tertiary/aromatic N) is 2. The van der Waals surface area contributed by atoms with Gasteiger partial charge in [0.15, 0.2) is 0 Å². The summed E-state index contributed by atoms with van der Waals surface area (Å²) in [6.07, 6.45) is 0. The molecular weight excluding hydrogens is 797 g/mol. The Hall–Kier alpha value is -8.18. The van der Waals surface area contributed by atoms with Crippen LogP contribution in [0.2, 0.25) is 0 Å². The number of aromatic nitrogens is 2. The van der Waals surface area contributed by atoms with Gasteiger partial charge >= 0.3 is 0 Å². The minimum absolute atomic E-state index is 0.877. The van der Waals surface area contributed by atoms with E-state index in [9.17, 15) is 0 Å². The summed E-state index contributed by atoms with van der Waals surface area (Å²) in [7, 11) is 0. The molecule has 0 aliphatic carbocycles. The molecule has 14 rings (SSSR count). The molecule has 4 heterocycles. The van der Waals surface area contributed by atoms with Crippen molar-refractivity contribution in [1.82, 2.24) is 9.13 Å². The van der Waals surface area contributed by atoms with Crippen molar-refractivity contribution in [2.75, 3.05) is 0 Å². The van der Waals surface area contributed by atoms with Crippen LogP contribution in [0.1, 0.15) is 0 Å². The molecule has 0 saturated carbocycles. The lowest BCUT2D eigenvalue weighted by molar-refractivity contribution is 0.670. The van der Waals surface area contributed by atoms with Gasteiger partial charge < -0.3 is 13.6 Å². The zero-order valence-electron chi connectivity index (χ0n) is 34.5. The molecule has 0 N–H and O–H groups in total. The number of fused-ring (bicyclic) bond motifs is 13. The fourth-order valence-corrected chi connectivity index (χ4v) is 11.7. The van der Waals surface area contributed by atoms with Crippen LogP contribution >= 0.6 is 11.3 Å². The molecule has 64 heavy (non-hydrogen) atoms. The van der Waals surface area contributed by atoms with Crippen LogP contribution in [0.5, 0.6) is 0 Å². The fraction of sp³-hybridized carbons (Fsp3) is 0. The Morgan fingerprint density at radius 3 is 1.80 bits per heavy atom. The Morgan fingerprint density at radius 1 is 0.344 bits per heavy atom. The first-order valence-electron chi connectivity index (χ1n) is 21.8. The fourth-order valence-electron chi connectivity index (χ4n) is 10.4. The summed E-state index contributed by atoms with van der Waals surface area (Å²) in [5.41, 5.74) is 15.9. The second-order valence-electron chi connectivity index (χ2n) is 16.8. The zero-order chi connectivity index (χ0) is 41.9. The molecular formula is C60H36N2OS. The number of furan rings is 1. The van der Waals surface area contributed by atoms with Crippen molar-refractivity contribution in [1.29, 1.82) is 0 Å². The highest BCUT2D eigenvalue weighted by Gasteiger charge is 2.23. The summed E-state index contributed by atoms with van der Waals surface area (Å²) in [5.74, 6) is 0. The van der Waals surface area contributed by atoms with Crippen LogP contribution in [0.4, 0.5) is 0 Å². The summed E-state index contributed by atoms with van der Waals surface area (Å²) >= 11 is 1.86. The van der Waals surface area contributed by atoms with Gasteiger partial charge in [-0.15, -0.1) is 11.3 Å². The maximum atomic E-state index is 6.88. The van der Waals surface area contributed by atoms with Crippen LogP contribution in [0.15, 0.2) is 223 Å². The van der Waals surface area contributed by atoms with E-state index in [0.29, 0.717) is 0 Å². The standard InChI is InChI=1S/C60H36N2OS/c1-3-13-37(14-4-1)39-25-28-41(29-26-39)61-52-23-9-7-18-49(52)57-54(61)33-31-44-50-35-40(38-15-5-2-6-16-38)27-32-53(50)62(58(44)57)42-30-34-55-51(36-42)46-20-11-19-45(59(46)63-55)48-22-12-21-47-43-17-8-10-24-56(43)64-60(47)48/h1-36H. The van der Waals surface area contributed by atoms with Gasteiger partial charge in [-0.3, -0.25) is 0 Å². The predicted molar refractivity (Wildman–Crippen MR) is 272 cm³/mol. The van der Waals surface area contributed by atoms with Crippen LogP contribution in [-0.4, -0.2) is 9.13 Å². The van der Waals surface area contributed by atoms with Gasteiger partial charge in [-0.05, 0) is 82.9 Å².